The van der Waals surface area contributed by atoms with Gasteiger partial charge in [0.25, 0.3) is 5.91 Å². The van der Waals surface area contributed by atoms with Crippen LogP contribution in [0, 0.1) is 0 Å². The fourth-order valence-corrected chi connectivity index (χ4v) is 1.97. The molecule has 1 aromatic carbocycles. The van der Waals surface area contributed by atoms with Crippen molar-refractivity contribution in [2.24, 2.45) is 0 Å². The van der Waals surface area contributed by atoms with E-state index in [4.69, 9.17) is 0 Å². The highest BCUT2D eigenvalue weighted by atomic mass is 79.9. The van der Waals surface area contributed by atoms with Gasteiger partial charge in [0.2, 0.25) is 0 Å². The van der Waals surface area contributed by atoms with E-state index >= 15 is 0 Å². The first-order chi connectivity index (χ1) is 8.68. The Morgan fingerprint density at radius 1 is 1.28 bits per heavy atom. The minimum atomic E-state index is -0.212. The molecule has 0 aliphatic heterocycles. The molecule has 1 unspecified atom stereocenters. The zero-order chi connectivity index (χ0) is 13.0. The van der Waals surface area contributed by atoms with Crippen molar-refractivity contribution in [1.29, 1.82) is 0 Å². The number of carbonyl (C=O) groups excluding carboxylic acids is 1. The Labute approximate surface area is 114 Å². The van der Waals surface area contributed by atoms with E-state index in [-0.39, 0.29) is 10.7 Å². The lowest BCUT2D eigenvalue weighted by Crippen LogP contribution is -2.13. The third-order valence-corrected chi connectivity index (χ3v) is 2.95. The van der Waals surface area contributed by atoms with Gasteiger partial charge in [0.1, 0.15) is 6.33 Å². The molecule has 5 heteroatoms. The second-order valence-electron chi connectivity index (χ2n) is 3.78. The maximum absolute atomic E-state index is 12.0. The molecule has 18 heavy (non-hydrogen) atoms. The van der Waals surface area contributed by atoms with Gasteiger partial charge in [-0.1, -0.05) is 34.1 Å². The fourth-order valence-electron chi connectivity index (χ4n) is 1.57. The summed E-state index contributed by atoms with van der Waals surface area (Å²) in [4.78, 5) is 19.8. The Balaban J connectivity index is 2.22. The van der Waals surface area contributed by atoms with Crippen LogP contribution in [-0.2, 0) is 0 Å². The van der Waals surface area contributed by atoms with E-state index in [9.17, 15) is 4.79 Å². The Bertz CT molecular complexity index is 543. The highest BCUT2D eigenvalue weighted by Gasteiger charge is 2.11. The van der Waals surface area contributed by atoms with Crippen LogP contribution in [0.15, 0.2) is 43.0 Å². The molecule has 0 bridgehead atoms. The fraction of sp³-hybridized carbons (Fsp3) is 0.154. The maximum atomic E-state index is 12.0. The molecular weight excluding hydrogens is 294 g/mol. The topological polar surface area (TPSA) is 54.9 Å². The lowest BCUT2D eigenvalue weighted by molar-refractivity contribution is 0.102. The number of amides is 1. The molecule has 1 atom stereocenters. The van der Waals surface area contributed by atoms with Gasteiger partial charge in [-0.05, 0) is 18.6 Å². The normalized spacial score (nSPS) is 11.9. The highest BCUT2D eigenvalue weighted by Crippen LogP contribution is 2.28. The van der Waals surface area contributed by atoms with Crippen LogP contribution >= 0.6 is 15.9 Å². The molecule has 1 amide bonds. The molecule has 0 aliphatic rings. The number of benzene rings is 1. The summed E-state index contributed by atoms with van der Waals surface area (Å²) < 4.78 is 0. The van der Waals surface area contributed by atoms with Gasteiger partial charge < -0.3 is 5.32 Å². The molecule has 1 heterocycles. The minimum Gasteiger partial charge on any atom is -0.322 e. The van der Waals surface area contributed by atoms with Crippen LogP contribution in [0.4, 0.5) is 5.69 Å². The van der Waals surface area contributed by atoms with Crippen LogP contribution in [0.2, 0.25) is 0 Å². The third kappa shape index (κ3) is 2.92. The van der Waals surface area contributed by atoms with Crippen LogP contribution in [0.1, 0.15) is 27.7 Å². The maximum Gasteiger partial charge on any atom is 0.258 e. The van der Waals surface area contributed by atoms with Crippen molar-refractivity contribution in [3.8, 4) is 0 Å². The number of anilines is 1. The lowest BCUT2D eigenvalue weighted by atomic mass is 10.1. The first-order valence-corrected chi connectivity index (χ1v) is 6.39. The van der Waals surface area contributed by atoms with Crippen LogP contribution in [0.5, 0.6) is 0 Å². The zero-order valence-corrected chi connectivity index (χ0v) is 11.4. The van der Waals surface area contributed by atoms with Crippen LogP contribution in [0.3, 0.4) is 0 Å². The molecule has 2 aromatic rings. The average Bonchev–Trinajstić information content (AvgIpc) is 2.40. The smallest absolute Gasteiger partial charge is 0.258 e. The average molecular weight is 306 g/mol. The van der Waals surface area contributed by atoms with Crippen molar-refractivity contribution in [2.45, 2.75) is 11.8 Å². The number of para-hydroxylation sites is 1. The summed E-state index contributed by atoms with van der Waals surface area (Å²) in [6.45, 7) is 2.01. The molecule has 0 spiro atoms. The quantitative estimate of drug-likeness (QED) is 0.886. The van der Waals surface area contributed by atoms with E-state index in [0.29, 0.717) is 5.56 Å². The summed E-state index contributed by atoms with van der Waals surface area (Å²) in [6, 6.07) is 7.66. The van der Waals surface area contributed by atoms with Gasteiger partial charge in [0, 0.05) is 22.9 Å². The number of hydrogen-bond donors (Lipinski definition) is 1. The number of alkyl halides is 1. The third-order valence-electron chi connectivity index (χ3n) is 2.46. The van der Waals surface area contributed by atoms with Gasteiger partial charge in [0.05, 0.1) is 5.56 Å². The number of nitrogens with one attached hydrogen (secondary N) is 1. The highest BCUT2D eigenvalue weighted by molar-refractivity contribution is 9.09. The first-order valence-electron chi connectivity index (χ1n) is 5.48. The van der Waals surface area contributed by atoms with Crippen LogP contribution in [0.25, 0.3) is 0 Å². The predicted octanol–water partition coefficient (Wildman–Crippen LogP) is 3.18. The lowest BCUT2D eigenvalue weighted by Gasteiger charge is -2.12. The van der Waals surface area contributed by atoms with E-state index < -0.39 is 0 Å². The van der Waals surface area contributed by atoms with E-state index in [1.807, 2.05) is 31.2 Å². The van der Waals surface area contributed by atoms with Crippen LogP contribution < -0.4 is 5.32 Å². The minimum absolute atomic E-state index is 0.168. The molecule has 2 rings (SSSR count). The predicted molar refractivity (Wildman–Crippen MR) is 73.8 cm³/mol. The van der Waals surface area contributed by atoms with Gasteiger partial charge >= 0.3 is 0 Å². The van der Waals surface area contributed by atoms with Crippen molar-refractivity contribution >= 4 is 27.5 Å². The number of aromatic nitrogens is 2. The summed E-state index contributed by atoms with van der Waals surface area (Å²) in [5.41, 5.74) is 2.26. The van der Waals surface area contributed by atoms with Crippen molar-refractivity contribution < 1.29 is 4.79 Å². The van der Waals surface area contributed by atoms with Gasteiger partial charge in [-0.3, -0.25) is 4.79 Å². The second-order valence-corrected chi connectivity index (χ2v) is 5.16. The molecule has 1 N–H and O–H groups in total. The van der Waals surface area contributed by atoms with Crippen molar-refractivity contribution in [2.75, 3.05) is 5.32 Å². The number of halogens is 1. The van der Waals surface area contributed by atoms with Gasteiger partial charge in [0.15, 0.2) is 0 Å². The molecule has 1 aromatic heterocycles. The Hall–Kier alpha value is -1.75. The zero-order valence-electron chi connectivity index (χ0n) is 9.80. The number of nitrogens with zero attached hydrogens (tertiary/aromatic N) is 2. The molecule has 4 nitrogen and oxygen atoms in total. The number of hydrogen-bond acceptors (Lipinski definition) is 3. The Morgan fingerprint density at radius 3 is 2.61 bits per heavy atom. The Morgan fingerprint density at radius 2 is 1.94 bits per heavy atom. The van der Waals surface area contributed by atoms with E-state index in [1.54, 1.807) is 0 Å². The molecular formula is C13H12BrN3O. The summed E-state index contributed by atoms with van der Waals surface area (Å²) in [5.74, 6) is -0.212. The van der Waals surface area contributed by atoms with E-state index in [2.05, 4.69) is 31.2 Å². The van der Waals surface area contributed by atoms with Crippen LogP contribution in [-0.4, -0.2) is 15.9 Å². The molecule has 0 radical (unpaired) electrons. The summed E-state index contributed by atoms with van der Waals surface area (Å²) >= 11 is 3.50. The van der Waals surface area contributed by atoms with Gasteiger partial charge in [-0.15, -0.1) is 0 Å². The number of rotatable bonds is 3. The second kappa shape index (κ2) is 5.73. The summed E-state index contributed by atoms with van der Waals surface area (Å²) in [5, 5.41) is 2.86. The van der Waals surface area contributed by atoms with Crippen molar-refractivity contribution in [3.63, 3.8) is 0 Å². The summed E-state index contributed by atoms with van der Waals surface area (Å²) in [6.07, 6.45) is 4.37. The molecule has 0 saturated carbocycles. The largest absolute Gasteiger partial charge is 0.322 e. The van der Waals surface area contributed by atoms with Gasteiger partial charge in [-0.25, -0.2) is 9.97 Å². The molecule has 0 aliphatic carbocycles. The van der Waals surface area contributed by atoms with Crippen molar-refractivity contribution in [3.05, 3.63) is 54.1 Å². The molecule has 92 valence electrons. The molecule has 0 saturated heterocycles. The molecule has 0 fully saturated rings. The number of carbonyl (C=O) groups is 1. The SMILES string of the molecule is CC(Br)c1ccccc1NC(=O)c1cncnc1. The van der Waals surface area contributed by atoms with E-state index in [1.165, 1.54) is 18.7 Å². The first kappa shape index (κ1) is 12.7. The summed E-state index contributed by atoms with van der Waals surface area (Å²) in [7, 11) is 0. The standard InChI is InChI=1S/C13H12BrN3O/c1-9(14)11-4-2-3-5-12(11)17-13(18)10-6-15-8-16-7-10/h2-9H,1H3,(H,17,18). The Kier molecular flexibility index (Phi) is 4.04. The van der Waals surface area contributed by atoms with Gasteiger partial charge in [-0.2, -0.15) is 0 Å². The van der Waals surface area contributed by atoms with Crippen molar-refractivity contribution in [1.82, 2.24) is 9.97 Å². The van der Waals surface area contributed by atoms with E-state index in [0.717, 1.165) is 11.3 Å². The monoisotopic (exact) mass is 305 g/mol.